The normalized spacial score (nSPS) is 24.5. The van der Waals surface area contributed by atoms with E-state index in [0.717, 1.165) is 19.1 Å². The second kappa shape index (κ2) is 5.61. The van der Waals surface area contributed by atoms with Crippen LogP contribution in [0.4, 0.5) is 0 Å². The van der Waals surface area contributed by atoms with Gasteiger partial charge in [0.05, 0.1) is 6.61 Å². The molecule has 78 valence electrons. The standard InChI is InChI=1S/C11H23NO/c1-4-5-6-12-7-8-13-11(12)9-10(2)3/h10-11H,4-9H2,1-3H3/t11-/m1/s1. The van der Waals surface area contributed by atoms with E-state index in [0.29, 0.717) is 6.23 Å². The predicted octanol–water partition coefficient (Wildman–Crippen LogP) is 2.49. The molecule has 13 heavy (non-hydrogen) atoms. The molecule has 0 aliphatic carbocycles. The molecule has 0 N–H and O–H groups in total. The van der Waals surface area contributed by atoms with Crippen LogP contribution in [0.15, 0.2) is 0 Å². The number of ether oxygens (including phenoxy) is 1. The van der Waals surface area contributed by atoms with E-state index >= 15 is 0 Å². The van der Waals surface area contributed by atoms with Crippen LogP contribution < -0.4 is 0 Å². The Labute approximate surface area is 82.3 Å². The highest BCUT2D eigenvalue weighted by molar-refractivity contribution is 4.70. The van der Waals surface area contributed by atoms with Gasteiger partial charge in [-0.1, -0.05) is 27.2 Å². The van der Waals surface area contributed by atoms with Crippen molar-refractivity contribution in [3.8, 4) is 0 Å². The Balaban J connectivity index is 2.26. The zero-order valence-electron chi connectivity index (χ0n) is 9.25. The Morgan fingerprint density at radius 3 is 2.85 bits per heavy atom. The highest BCUT2D eigenvalue weighted by Crippen LogP contribution is 2.18. The molecule has 0 spiro atoms. The molecular formula is C11H23NO. The average molecular weight is 185 g/mol. The van der Waals surface area contributed by atoms with Crippen LogP contribution in [-0.4, -0.2) is 30.8 Å². The van der Waals surface area contributed by atoms with Crippen LogP contribution in [0, 0.1) is 5.92 Å². The van der Waals surface area contributed by atoms with E-state index in [-0.39, 0.29) is 0 Å². The Hall–Kier alpha value is -0.0800. The molecule has 0 aromatic heterocycles. The van der Waals surface area contributed by atoms with Crippen molar-refractivity contribution in [3.05, 3.63) is 0 Å². The molecule has 0 aromatic carbocycles. The largest absolute Gasteiger partial charge is 0.362 e. The van der Waals surface area contributed by atoms with Crippen LogP contribution in [0.2, 0.25) is 0 Å². The van der Waals surface area contributed by atoms with Crippen molar-refractivity contribution in [1.82, 2.24) is 4.90 Å². The van der Waals surface area contributed by atoms with Crippen molar-refractivity contribution in [2.24, 2.45) is 5.92 Å². The first kappa shape index (κ1) is 11.0. The Bertz CT molecular complexity index is 136. The van der Waals surface area contributed by atoms with Gasteiger partial charge in [0.15, 0.2) is 0 Å². The van der Waals surface area contributed by atoms with Crippen molar-refractivity contribution in [2.45, 2.75) is 46.3 Å². The van der Waals surface area contributed by atoms with Crippen molar-refractivity contribution < 1.29 is 4.74 Å². The van der Waals surface area contributed by atoms with E-state index in [9.17, 15) is 0 Å². The highest BCUT2D eigenvalue weighted by Gasteiger charge is 2.24. The summed E-state index contributed by atoms with van der Waals surface area (Å²) >= 11 is 0. The van der Waals surface area contributed by atoms with Gasteiger partial charge in [0.1, 0.15) is 6.23 Å². The van der Waals surface area contributed by atoms with Crippen molar-refractivity contribution in [1.29, 1.82) is 0 Å². The van der Waals surface area contributed by atoms with Gasteiger partial charge in [0, 0.05) is 13.1 Å². The van der Waals surface area contributed by atoms with E-state index in [1.54, 1.807) is 0 Å². The van der Waals surface area contributed by atoms with Gasteiger partial charge in [-0.05, 0) is 18.8 Å². The first-order chi connectivity index (χ1) is 6.24. The van der Waals surface area contributed by atoms with Crippen molar-refractivity contribution >= 4 is 0 Å². The Morgan fingerprint density at radius 1 is 1.46 bits per heavy atom. The summed E-state index contributed by atoms with van der Waals surface area (Å²) in [5.41, 5.74) is 0. The molecule has 2 nitrogen and oxygen atoms in total. The molecule has 0 radical (unpaired) electrons. The second-order valence-electron chi connectivity index (χ2n) is 4.34. The number of nitrogens with zero attached hydrogens (tertiary/aromatic N) is 1. The lowest BCUT2D eigenvalue weighted by molar-refractivity contribution is 0.0175. The molecule has 1 aliphatic rings. The van der Waals surface area contributed by atoms with Gasteiger partial charge in [-0.25, -0.2) is 0 Å². The average Bonchev–Trinajstić information content (AvgIpc) is 2.48. The monoisotopic (exact) mass is 185 g/mol. The summed E-state index contributed by atoms with van der Waals surface area (Å²) in [5.74, 6) is 0.743. The molecule has 1 rings (SSSR count). The fourth-order valence-corrected chi connectivity index (χ4v) is 1.79. The summed E-state index contributed by atoms with van der Waals surface area (Å²) in [6, 6.07) is 0. The number of unbranched alkanes of at least 4 members (excludes halogenated alkanes) is 1. The minimum absolute atomic E-state index is 0.409. The number of rotatable bonds is 5. The molecule has 0 aromatic rings. The maximum Gasteiger partial charge on any atom is 0.110 e. The molecule has 0 saturated carbocycles. The number of hydrogen-bond acceptors (Lipinski definition) is 2. The van der Waals surface area contributed by atoms with Crippen LogP contribution in [0.5, 0.6) is 0 Å². The molecule has 1 aliphatic heterocycles. The molecule has 0 amide bonds. The maximum absolute atomic E-state index is 5.70. The van der Waals surface area contributed by atoms with Crippen LogP contribution in [-0.2, 0) is 4.74 Å². The van der Waals surface area contributed by atoms with Gasteiger partial charge in [0.2, 0.25) is 0 Å². The molecule has 1 heterocycles. The molecule has 1 atom stereocenters. The van der Waals surface area contributed by atoms with Crippen LogP contribution in [0.3, 0.4) is 0 Å². The van der Waals surface area contributed by atoms with Gasteiger partial charge in [-0.3, -0.25) is 4.90 Å². The zero-order valence-corrected chi connectivity index (χ0v) is 9.25. The summed E-state index contributed by atoms with van der Waals surface area (Å²) < 4.78 is 5.70. The zero-order chi connectivity index (χ0) is 9.68. The van der Waals surface area contributed by atoms with Gasteiger partial charge < -0.3 is 4.74 Å². The third-order valence-corrected chi connectivity index (χ3v) is 2.57. The first-order valence-electron chi connectivity index (χ1n) is 5.59. The van der Waals surface area contributed by atoms with Gasteiger partial charge in [0.25, 0.3) is 0 Å². The number of hydrogen-bond donors (Lipinski definition) is 0. The molecule has 1 saturated heterocycles. The molecule has 0 bridgehead atoms. The maximum atomic E-state index is 5.70. The van der Waals surface area contributed by atoms with Gasteiger partial charge in [-0.15, -0.1) is 0 Å². The fraction of sp³-hybridized carbons (Fsp3) is 1.00. The van der Waals surface area contributed by atoms with Crippen molar-refractivity contribution in [2.75, 3.05) is 19.7 Å². The lowest BCUT2D eigenvalue weighted by Gasteiger charge is -2.23. The molecule has 1 fully saturated rings. The van der Waals surface area contributed by atoms with E-state index < -0.39 is 0 Å². The lowest BCUT2D eigenvalue weighted by atomic mass is 10.1. The minimum Gasteiger partial charge on any atom is -0.362 e. The van der Waals surface area contributed by atoms with E-state index in [1.807, 2.05) is 0 Å². The van der Waals surface area contributed by atoms with Gasteiger partial charge in [-0.2, -0.15) is 0 Å². The van der Waals surface area contributed by atoms with Crippen LogP contribution >= 0.6 is 0 Å². The quantitative estimate of drug-likeness (QED) is 0.652. The summed E-state index contributed by atoms with van der Waals surface area (Å²) in [4.78, 5) is 2.49. The Morgan fingerprint density at radius 2 is 2.23 bits per heavy atom. The topological polar surface area (TPSA) is 12.5 Å². The fourth-order valence-electron chi connectivity index (χ4n) is 1.79. The van der Waals surface area contributed by atoms with E-state index in [4.69, 9.17) is 4.74 Å². The smallest absolute Gasteiger partial charge is 0.110 e. The third kappa shape index (κ3) is 3.65. The highest BCUT2D eigenvalue weighted by atomic mass is 16.5. The second-order valence-corrected chi connectivity index (χ2v) is 4.34. The molecule has 2 heteroatoms. The lowest BCUT2D eigenvalue weighted by Crippen LogP contribution is -2.32. The summed E-state index contributed by atoms with van der Waals surface area (Å²) in [7, 11) is 0. The summed E-state index contributed by atoms with van der Waals surface area (Å²) in [6.45, 7) is 10.1. The van der Waals surface area contributed by atoms with Crippen molar-refractivity contribution in [3.63, 3.8) is 0 Å². The molecular weight excluding hydrogens is 162 g/mol. The summed E-state index contributed by atoms with van der Waals surface area (Å²) in [5, 5.41) is 0. The Kier molecular flexibility index (Phi) is 4.74. The van der Waals surface area contributed by atoms with E-state index in [2.05, 4.69) is 25.7 Å². The predicted molar refractivity (Wildman–Crippen MR) is 55.7 cm³/mol. The van der Waals surface area contributed by atoms with Gasteiger partial charge >= 0.3 is 0 Å². The van der Waals surface area contributed by atoms with Crippen LogP contribution in [0.1, 0.15) is 40.0 Å². The van der Waals surface area contributed by atoms with Crippen LogP contribution in [0.25, 0.3) is 0 Å². The molecule has 0 unspecified atom stereocenters. The minimum atomic E-state index is 0.409. The first-order valence-corrected chi connectivity index (χ1v) is 5.59. The third-order valence-electron chi connectivity index (χ3n) is 2.57. The van der Waals surface area contributed by atoms with E-state index in [1.165, 1.54) is 25.8 Å². The summed E-state index contributed by atoms with van der Waals surface area (Å²) in [6.07, 6.45) is 4.18. The SMILES string of the molecule is CCCCN1CCO[C@@H]1CC(C)C.